The number of hydrogen-bond acceptors (Lipinski definition) is 2. The van der Waals surface area contributed by atoms with E-state index in [2.05, 4.69) is 5.32 Å². The normalized spacial score (nSPS) is 10.3. The minimum absolute atomic E-state index is 0.374. The predicted octanol–water partition coefficient (Wildman–Crippen LogP) is 2.67. The number of hydrogen-bond donors (Lipinski definition) is 2. The minimum atomic E-state index is -0.986. The van der Waals surface area contributed by atoms with Gasteiger partial charge in [-0.25, -0.2) is 4.79 Å². The molecule has 0 atom stereocenters. The summed E-state index contributed by atoms with van der Waals surface area (Å²) >= 11 is 1.63. The Bertz CT molecular complexity index is 464. The number of carbonyl (C=O) groups is 1. The standard InChI is InChI=1S/C10H9NO2S/c12-10(13)11-5-7-6-14-9-4-2-1-3-8(7)9/h1-4,6,11H,5H2,(H,12,13). The van der Waals surface area contributed by atoms with E-state index in [-0.39, 0.29) is 0 Å². The third-order valence-corrected chi connectivity index (χ3v) is 3.00. The fourth-order valence-electron chi connectivity index (χ4n) is 1.34. The number of carboxylic acid groups (broad SMARTS) is 1. The van der Waals surface area contributed by atoms with Gasteiger partial charge >= 0.3 is 6.09 Å². The quantitative estimate of drug-likeness (QED) is 0.795. The van der Waals surface area contributed by atoms with E-state index in [4.69, 9.17) is 5.11 Å². The highest BCUT2D eigenvalue weighted by Crippen LogP contribution is 2.25. The molecule has 2 rings (SSSR count). The lowest BCUT2D eigenvalue weighted by atomic mass is 10.2. The van der Waals surface area contributed by atoms with E-state index < -0.39 is 6.09 Å². The molecule has 0 radical (unpaired) electrons. The molecule has 0 bridgehead atoms. The topological polar surface area (TPSA) is 49.3 Å². The third kappa shape index (κ3) is 1.70. The van der Waals surface area contributed by atoms with Gasteiger partial charge in [0.05, 0.1) is 0 Å². The Kier molecular flexibility index (Phi) is 2.37. The Hall–Kier alpha value is -1.55. The molecule has 1 aromatic carbocycles. The maximum atomic E-state index is 10.3. The van der Waals surface area contributed by atoms with Crippen LogP contribution in [0.3, 0.4) is 0 Å². The first-order valence-electron chi connectivity index (χ1n) is 4.19. The van der Waals surface area contributed by atoms with Gasteiger partial charge in [-0.05, 0) is 22.4 Å². The first-order chi connectivity index (χ1) is 6.77. The summed E-state index contributed by atoms with van der Waals surface area (Å²) in [6.07, 6.45) is -0.986. The molecule has 1 aromatic heterocycles. The van der Waals surface area contributed by atoms with E-state index in [1.807, 2.05) is 29.6 Å². The first kappa shape index (κ1) is 9.02. The zero-order chi connectivity index (χ0) is 9.97. The van der Waals surface area contributed by atoms with Crippen LogP contribution in [0.25, 0.3) is 10.1 Å². The Labute approximate surface area is 85.0 Å². The van der Waals surface area contributed by atoms with E-state index in [0.29, 0.717) is 6.54 Å². The summed E-state index contributed by atoms with van der Waals surface area (Å²) in [7, 11) is 0. The van der Waals surface area contributed by atoms with E-state index in [1.54, 1.807) is 11.3 Å². The van der Waals surface area contributed by atoms with Crippen molar-refractivity contribution in [1.82, 2.24) is 5.32 Å². The predicted molar refractivity (Wildman–Crippen MR) is 56.7 cm³/mol. The lowest BCUT2D eigenvalue weighted by Gasteiger charge is -1.98. The molecule has 2 N–H and O–H groups in total. The van der Waals surface area contributed by atoms with Gasteiger partial charge in [0.15, 0.2) is 0 Å². The molecule has 14 heavy (non-hydrogen) atoms. The average Bonchev–Trinajstić information content (AvgIpc) is 2.58. The molecule has 0 aliphatic heterocycles. The van der Waals surface area contributed by atoms with Gasteiger partial charge in [0.2, 0.25) is 0 Å². The number of amides is 1. The van der Waals surface area contributed by atoms with Crippen LogP contribution in [-0.2, 0) is 6.54 Å². The molecule has 2 aromatic rings. The summed E-state index contributed by atoms with van der Waals surface area (Å²) in [4.78, 5) is 10.3. The largest absolute Gasteiger partial charge is 0.465 e. The maximum Gasteiger partial charge on any atom is 0.404 e. The van der Waals surface area contributed by atoms with Gasteiger partial charge in [-0.1, -0.05) is 18.2 Å². The van der Waals surface area contributed by atoms with Crippen molar-refractivity contribution < 1.29 is 9.90 Å². The number of thiophene rings is 1. The molecule has 0 aliphatic rings. The van der Waals surface area contributed by atoms with Crippen molar-refractivity contribution in [2.75, 3.05) is 0 Å². The van der Waals surface area contributed by atoms with Crippen molar-refractivity contribution in [1.29, 1.82) is 0 Å². The molecule has 0 unspecified atom stereocenters. The van der Waals surface area contributed by atoms with Crippen LogP contribution in [0.15, 0.2) is 29.6 Å². The zero-order valence-electron chi connectivity index (χ0n) is 7.36. The lowest BCUT2D eigenvalue weighted by molar-refractivity contribution is 0.194. The highest BCUT2D eigenvalue weighted by molar-refractivity contribution is 7.17. The summed E-state index contributed by atoms with van der Waals surface area (Å²) < 4.78 is 1.19. The zero-order valence-corrected chi connectivity index (χ0v) is 8.17. The number of fused-ring (bicyclic) bond motifs is 1. The van der Waals surface area contributed by atoms with Gasteiger partial charge in [0, 0.05) is 11.2 Å². The van der Waals surface area contributed by atoms with Gasteiger partial charge in [-0.3, -0.25) is 0 Å². The number of rotatable bonds is 2. The molecule has 0 aliphatic carbocycles. The van der Waals surface area contributed by atoms with Crippen LogP contribution in [0.1, 0.15) is 5.56 Å². The Morgan fingerprint density at radius 2 is 2.21 bits per heavy atom. The van der Waals surface area contributed by atoms with E-state index in [1.165, 1.54) is 4.70 Å². The molecule has 1 heterocycles. The molecule has 4 heteroatoms. The van der Waals surface area contributed by atoms with Crippen molar-refractivity contribution >= 4 is 27.5 Å². The van der Waals surface area contributed by atoms with Crippen LogP contribution in [0.2, 0.25) is 0 Å². The Balaban J connectivity index is 2.29. The van der Waals surface area contributed by atoms with Gasteiger partial charge in [-0.2, -0.15) is 0 Å². The summed E-state index contributed by atoms with van der Waals surface area (Å²) in [5.41, 5.74) is 1.04. The second kappa shape index (κ2) is 3.67. The second-order valence-electron chi connectivity index (χ2n) is 2.92. The van der Waals surface area contributed by atoms with Gasteiger partial charge in [0.1, 0.15) is 0 Å². The van der Waals surface area contributed by atoms with Gasteiger partial charge < -0.3 is 10.4 Å². The first-order valence-corrected chi connectivity index (χ1v) is 5.07. The fourth-order valence-corrected chi connectivity index (χ4v) is 2.30. The van der Waals surface area contributed by atoms with Crippen molar-refractivity contribution in [2.24, 2.45) is 0 Å². The van der Waals surface area contributed by atoms with E-state index in [0.717, 1.165) is 10.9 Å². The van der Waals surface area contributed by atoms with Crippen LogP contribution >= 0.6 is 11.3 Å². The van der Waals surface area contributed by atoms with Gasteiger partial charge in [0.25, 0.3) is 0 Å². The average molecular weight is 207 g/mol. The van der Waals surface area contributed by atoms with E-state index >= 15 is 0 Å². The van der Waals surface area contributed by atoms with Crippen LogP contribution in [-0.4, -0.2) is 11.2 Å². The maximum absolute atomic E-state index is 10.3. The number of benzene rings is 1. The van der Waals surface area contributed by atoms with Crippen molar-refractivity contribution in [3.8, 4) is 0 Å². The molecule has 0 saturated carbocycles. The summed E-state index contributed by atoms with van der Waals surface area (Å²) in [6, 6.07) is 7.97. The van der Waals surface area contributed by atoms with Gasteiger partial charge in [-0.15, -0.1) is 11.3 Å². The SMILES string of the molecule is O=C(O)NCc1csc2ccccc12. The lowest BCUT2D eigenvalue weighted by Crippen LogP contribution is -2.19. The third-order valence-electron chi connectivity index (χ3n) is 1.99. The minimum Gasteiger partial charge on any atom is -0.465 e. The Morgan fingerprint density at radius 1 is 1.43 bits per heavy atom. The molecule has 3 nitrogen and oxygen atoms in total. The smallest absolute Gasteiger partial charge is 0.404 e. The molecular weight excluding hydrogens is 198 g/mol. The fraction of sp³-hybridized carbons (Fsp3) is 0.100. The molecule has 0 saturated heterocycles. The summed E-state index contributed by atoms with van der Waals surface area (Å²) in [6.45, 7) is 0.374. The monoisotopic (exact) mass is 207 g/mol. The summed E-state index contributed by atoms with van der Waals surface area (Å²) in [5, 5.41) is 14.0. The highest BCUT2D eigenvalue weighted by atomic mass is 32.1. The van der Waals surface area contributed by atoms with Crippen LogP contribution < -0.4 is 5.32 Å². The Morgan fingerprint density at radius 3 is 3.00 bits per heavy atom. The van der Waals surface area contributed by atoms with Crippen molar-refractivity contribution in [3.05, 3.63) is 35.2 Å². The van der Waals surface area contributed by atoms with Crippen molar-refractivity contribution in [2.45, 2.75) is 6.54 Å². The van der Waals surface area contributed by atoms with Crippen LogP contribution in [0.4, 0.5) is 4.79 Å². The highest BCUT2D eigenvalue weighted by Gasteiger charge is 2.03. The van der Waals surface area contributed by atoms with Crippen LogP contribution in [0.5, 0.6) is 0 Å². The van der Waals surface area contributed by atoms with Crippen molar-refractivity contribution in [3.63, 3.8) is 0 Å². The molecule has 0 fully saturated rings. The van der Waals surface area contributed by atoms with E-state index in [9.17, 15) is 4.79 Å². The molecule has 1 amide bonds. The summed E-state index contributed by atoms with van der Waals surface area (Å²) in [5.74, 6) is 0. The molecule has 72 valence electrons. The second-order valence-corrected chi connectivity index (χ2v) is 3.83. The molecule has 0 spiro atoms. The molecular formula is C10H9NO2S. The number of nitrogens with one attached hydrogen (secondary N) is 1. The van der Waals surface area contributed by atoms with Crippen LogP contribution in [0, 0.1) is 0 Å².